The van der Waals surface area contributed by atoms with Gasteiger partial charge in [0.05, 0.1) is 27.9 Å². The molecule has 0 spiro atoms. The largest absolute Gasteiger partial charge is 0.494 e. The Hall–Kier alpha value is -3.22. The molecule has 0 saturated carbocycles. The van der Waals surface area contributed by atoms with Gasteiger partial charge in [0.1, 0.15) is 11.3 Å². The topological polar surface area (TPSA) is 80.3 Å². The molecule has 7 nitrogen and oxygen atoms in total. The monoisotopic (exact) mass is 374 g/mol. The van der Waals surface area contributed by atoms with Crippen molar-refractivity contribution in [1.82, 2.24) is 0 Å². The first-order valence-electron chi connectivity index (χ1n) is 8.27. The summed E-state index contributed by atoms with van der Waals surface area (Å²) < 4.78 is 26.1. The smallest absolute Gasteiger partial charge is 0.342 e. The molecule has 7 heteroatoms. The van der Waals surface area contributed by atoms with Crippen LogP contribution < -0.4 is 18.9 Å². The highest BCUT2D eigenvalue weighted by atomic mass is 16.5. The third-order valence-electron chi connectivity index (χ3n) is 3.75. The summed E-state index contributed by atoms with van der Waals surface area (Å²) in [6, 6.07) is 9.68. The van der Waals surface area contributed by atoms with Gasteiger partial charge in [-0.1, -0.05) is 0 Å². The maximum Gasteiger partial charge on any atom is 0.342 e. The van der Waals surface area contributed by atoms with E-state index in [-0.39, 0.29) is 22.8 Å². The lowest BCUT2D eigenvalue weighted by Gasteiger charge is -2.15. The van der Waals surface area contributed by atoms with Crippen LogP contribution in [0, 0.1) is 0 Å². The van der Waals surface area contributed by atoms with Gasteiger partial charge >= 0.3 is 5.97 Å². The van der Waals surface area contributed by atoms with E-state index in [1.807, 2.05) is 6.92 Å². The van der Waals surface area contributed by atoms with Crippen LogP contribution in [0.2, 0.25) is 0 Å². The van der Waals surface area contributed by atoms with Crippen LogP contribution in [0.3, 0.4) is 0 Å². The van der Waals surface area contributed by atoms with Crippen molar-refractivity contribution in [3.8, 4) is 23.0 Å². The number of benzene rings is 2. The highest BCUT2D eigenvalue weighted by Crippen LogP contribution is 2.39. The summed E-state index contributed by atoms with van der Waals surface area (Å²) in [5.41, 5.74) is 0.556. The van der Waals surface area contributed by atoms with Crippen molar-refractivity contribution in [2.45, 2.75) is 6.92 Å². The lowest BCUT2D eigenvalue weighted by Crippen LogP contribution is -2.15. The van der Waals surface area contributed by atoms with Crippen LogP contribution in [-0.4, -0.2) is 46.3 Å². The fourth-order valence-electron chi connectivity index (χ4n) is 2.46. The summed E-state index contributed by atoms with van der Waals surface area (Å²) in [7, 11) is 4.31. The van der Waals surface area contributed by atoms with Gasteiger partial charge in [-0.15, -0.1) is 0 Å². The van der Waals surface area contributed by atoms with Crippen LogP contribution in [0.15, 0.2) is 36.4 Å². The zero-order chi connectivity index (χ0) is 19.8. The standard InChI is InChI=1S/C20H22O7/c1-5-26-14-8-6-13(7-9-14)16(21)12-27-20(22)15-10-11-17(23-2)19(25-4)18(15)24-3/h6-11H,5,12H2,1-4H3. The number of ketones is 1. The maximum absolute atomic E-state index is 12.4. The van der Waals surface area contributed by atoms with Gasteiger partial charge in [0.15, 0.2) is 23.9 Å². The fourth-order valence-corrected chi connectivity index (χ4v) is 2.46. The lowest BCUT2D eigenvalue weighted by molar-refractivity contribution is 0.0471. The molecule has 0 aliphatic carbocycles. The first-order valence-corrected chi connectivity index (χ1v) is 8.27. The Morgan fingerprint density at radius 1 is 0.852 bits per heavy atom. The molecule has 0 heterocycles. The van der Waals surface area contributed by atoms with E-state index in [0.717, 1.165) is 0 Å². The Balaban J connectivity index is 2.10. The molecule has 0 bridgehead atoms. The van der Waals surface area contributed by atoms with E-state index in [2.05, 4.69) is 0 Å². The fraction of sp³-hybridized carbons (Fsp3) is 0.300. The highest BCUT2D eigenvalue weighted by molar-refractivity contribution is 6.00. The number of ether oxygens (including phenoxy) is 5. The minimum absolute atomic E-state index is 0.134. The highest BCUT2D eigenvalue weighted by Gasteiger charge is 2.22. The lowest BCUT2D eigenvalue weighted by atomic mass is 10.1. The predicted molar refractivity (Wildman–Crippen MR) is 98.3 cm³/mol. The number of carbonyl (C=O) groups excluding carboxylic acids is 2. The minimum Gasteiger partial charge on any atom is -0.494 e. The van der Waals surface area contributed by atoms with Crippen molar-refractivity contribution in [2.75, 3.05) is 34.5 Å². The molecule has 144 valence electrons. The van der Waals surface area contributed by atoms with Gasteiger partial charge in [0.25, 0.3) is 0 Å². The number of hydrogen-bond donors (Lipinski definition) is 0. The molecule has 0 amide bonds. The van der Waals surface area contributed by atoms with E-state index in [0.29, 0.717) is 23.7 Å². The number of esters is 1. The van der Waals surface area contributed by atoms with Crippen molar-refractivity contribution in [2.24, 2.45) is 0 Å². The average molecular weight is 374 g/mol. The number of hydrogen-bond acceptors (Lipinski definition) is 7. The molecular weight excluding hydrogens is 352 g/mol. The SMILES string of the molecule is CCOc1ccc(C(=O)COC(=O)c2ccc(OC)c(OC)c2OC)cc1. The van der Waals surface area contributed by atoms with Gasteiger partial charge in [-0.25, -0.2) is 4.79 Å². The second kappa shape index (κ2) is 9.47. The molecule has 27 heavy (non-hydrogen) atoms. The Labute approximate surface area is 157 Å². The normalized spacial score (nSPS) is 10.1. The van der Waals surface area contributed by atoms with Crippen LogP contribution in [0.4, 0.5) is 0 Å². The summed E-state index contributed by atoms with van der Waals surface area (Å²) in [4.78, 5) is 24.6. The van der Waals surface area contributed by atoms with E-state index in [1.165, 1.54) is 27.4 Å². The van der Waals surface area contributed by atoms with Crippen LogP contribution in [0.5, 0.6) is 23.0 Å². The second-order valence-electron chi connectivity index (χ2n) is 5.34. The number of rotatable bonds is 9. The van der Waals surface area contributed by atoms with Gasteiger partial charge < -0.3 is 23.7 Å². The minimum atomic E-state index is -0.702. The number of methoxy groups -OCH3 is 3. The summed E-state index contributed by atoms with van der Waals surface area (Å²) in [6.45, 7) is 2.02. The first-order chi connectivity index (χ1) is 13.0. The van der Waals surface area contributed by atoms with Crippen molar-refractivity contribution in [3.05, 3.63) is 47.5 Å². The van der Waals surface area contributed by atoms with Crippen molar-refractivity contribution in [3.63, 3.8) is 0 Å². The van der Waals surface area contributed by atoms with E-state index in [1.54, 1.807) is 30.3 Å². The quantitative estimate of drug-likeness (QED) is 0.493. The molecule has 0 aliphatic rings. The summed E-state index contributed by atoms with van der Waals surface area (Å²) >= 11 is 0. The zero-order valence-corrected chi connectivity index (χ0v) is 15.7. The summed E-state index contributed by atoms with van der Waals surface area (Å²) in [6.07, 6.45) is 0. The van der Waals surface area contributed by atoms with Gasteiger partial charge in [-0.3, -0.25) is 4.79 Å². The van der Waals surface area contributed by atoms with Gasteiger partial charge in [0.2, 0.25) is 5.75 Å². The number of Topliss-reactive ketones (excluding diaryl/α,β-unsaturated/α-hetero) is 1. The van der Waals surface area contributed by atoms with E-state index >= 15 is 0 Å². The van der Waals surface area contributed by atoms with E-state index in [9.17, 15) is 9.59 Å². The predicted octanol–water partition coefficient (Wildman–Crippen LogP) is 3.15. The van der Waals surface area contributed by atoms with Crippen LogP contribution in [0.1, 0.15) is 27.6 Å². The molecule has 0 aliphatic heterocycles. The molecule has 0 fully saturated rings. The average Bonchev–Trinajstić information content (AvgIpc) is 2.71. The molecule has 2 rings (SSSR count). The molecular formula is C20H22O7. The van der Waals surface area contributed by atoms with E-state index in [4.69, 9.17) is 23.7 Å². The molecule has 2 aromatic rings. The van der Waals surface area contributed by atoms with Crippen LogP contribution >= 0.6 is 0 Å². The third kappa shape index (κ3) is 4.69. The Kier molecular flexibility index (Phi) is 7.05. The van der Waals surface area contributed by atoms with Gasteiger partial charge in [0, 0.05) is 5.56 Å². The Morgan fingerprint density at radius 2 is 1.52 bits per heavy atom. The van der Waals surface area contributed by atoms with Crippen LogP contribution in [0.25, 0.3) is 0 Å². The molecule has 0 aromatic heterocycles. The summed E-state index contributed by atoms with van der Waals surface area (Å²) in [5.74, 6) is 0.498. The number of carbonyl (C=O) groups is 2. The van der Waals surface area contributed by atoms with Gasteiger partial charge in [-0.05, 0) is 43.3 Å². The summed E-state index contributed by atoms with van der Waals surface area (Å²) in [5, 5.41) is 0. The van der Waals surface area contributed by atoms with Crippen molar-refractivity contribution in [1.29, 1.82) is 0 Å². The van der Waals surface area contributed by atoms with Crippen molar-refractivity contribution < 1.29 is 33.3 Å². The van der Waals surface area contributed by atoms with Gasteiger partial charge in [-0.2, -0.15) is 0 Å². The molecule has 2 aromatic carbocycles. The second-order valence-corrected chi connectivity index (χ2v) is 5.34. The zero-order valence-electron chi connectivity index (χ0n) is 15.7. The maximum atomic E-state index is 12.4. The van der Waals surface area contributed by atoms with E-state index < -0.39 is 12.6 Å². The van der Waals surface area contributed by atoms with Crippen LogP contribution in [-0.2, 0) is 4.74 Å². The Morgan fingerprint density at radius 3 is 2.07 bits per heavy atom. The molecule has 0 saturated heterocycles. The molecule has 0 radical (unpaired) electrons. The third-order valence-corrected chi connectivity index (χ3v) is 3.75. The molecule has 0 atom stereocenters. The first kappa shape index (κ1) is 20.1. The Bertz CT molecular complexity index is 797. The molecule has 0 N–H and O–H groups in total. The van der Waals surface area contributed by atoms with Crippen molar-refractivity contribution >= 4 is 11.8 Å². The molecule has 0 unspecified atom stereocenters.